The highest BCUT2D eigenvalue weighted by atomic mass is 16.6. The second-order valence-electron chi connectivity index (χ2n) is 2.36. The van der Waals surface area contributed by atoms with Crippen molar-refractivity contribution in [3.8, 4) is 11.5 Å². The lowest BCUT2D eigenvalue weighted by molar-refractivity contribution is 0.174. The van der Waals surface area contributed by atoms with E-state index in [1.807, 2.05) is 0 Å². The normalized spacial score (nSPS) is 14.5. The third-order valence-electron chi connectivity index (χ3n) is 1.56. The maximum atomic E-state index is 8.79. The molecule has 6 heteroatoms. The van der Waals surface area contributed by atoms with Crippen LogP contribution in [0.1, 0.15) is 0 Å². The lowest BCUT2D eigenvalue weighted by atomic mass is 9.87. The molecular weight excluding hydrogens is 163 g/mol. The highest BCUT2D eigenvalue weighted by Crippen LogP contribution is 2.28. The SMILES string of the molecule is OB(O)c1occ2c1OCCO2. The molecule has 0 amide bonds. The van der Waals surface area contributed by atoms with Gasteiger partial charge in [0.05, 0.1) is 0 Å². The molecule has 0 unspecified atom stereocenters. The maximum absolute atomic E-state index is 8.79. The quantitative estimate of drug-likeness (QED) is 0.514. The Balaban J connectivity index is 2.38. The topological polar surface area (TPSA) is 72.1 Å². The molecule has 1 aliphatic heterocycles. The number of rotatable bonds is 1. The summed E-state index contributed by atoms with van der Waals surface area (Å²) in [6.07, 6.45) is 1.29. The van der Waals surface area contributed by atoms with Crippen molar-refractivity contribution < 1.29 is 23.9 Å². The van der Waals surface area contributed by atoms with Crippen molar-refractivity contribution >= 4 is 12.8 Å². The van der Waals surface area contributed by atoms with Gasteiger partial charge in [-0.25, -0.2) is 0 Å². The van der Waals surface area contributed by atoms with E-state index in [4.69, 9.17) is 23.9 Å². The predicted molar refractivity (Wildman–Crippen MR) is 39.5 cm³/mol. The van der Waals surface area contributed by atoms with Crippen LogP contribution in [-0.4, -0.2) is 30.4 Å². The average molecular weight is 170 g/mol. The van der Waals surface area contributed by atoms with Crippen molar-refractivity contribution in [2.75, 3.05) is 13.2 Å². The van der Waals surface area contributed by atoms with Gasteiger partial charge in [-0.2, -0.15) is 0 Å². The van der Waals surface area contributed by atoms with Crippen molar-refractivity contribution in [2.45, 2.75) is 0 Å². The van der Waals surface area contributed by atoms with Gasteiger partial charge in [-0.05, 0) is 0 Å². The molecule has 0 aliphatic carbocycles. The van der Waals surface area contributed by atoms with E-state index in [1.54, 1.807) is 0 Å². The van der Waals surface area contributed by atoms with Gasteiger partial charge in [0.1, 0.15) is 19.5 Å². The number of hydrogen-bond donors (Lipinski definition) is 2. The minimum atomic E-state index is -1.66. The van der Waals surface area contributed by atoms with Gasteiger partial charge in [0.25, 0.3) is 0 Å². The van der Waals surface area contributed by atoms with Gasteiger partial charge >= 0.3 is 7.12 Å². The number of furan rings is 1. The van der Waals surface area contributed by atoms with Crippen LogP contribution < -0.4 is 15.1 Å². The third kappa shape index (κ3) is 1.05. The van der Waals surface area contributed by atoms with E-state index in [-0.39, 0.29) is 11.4 Å². The molecule has 64 valence electrons. The highest BCUT2D eigenvalue weighted by Gasteiger charge is 2.28. The molecule has 5 nitrogen and oxygen atoms in total. The largest absolute Gasteiger partial charge is 0.530 e. The number of ether oxygens (including phenoxy) is 2. The van der Waals surface area contributed by atoms with Crippen LogP contribution in [0.2, 0.25) is 0 Å². The summed E-state index contributed by atoms with van der Waals surface area (Å²) in [6, 6.07) is 0. The minimum absolute atomic E-state index is 0.00954. The second kappa shape index (κ2) is 2.73. The standard InChI is InChI=1S/C6H7BO5/c8-7(9)6-5-4(3-12-6)10-1-2-11-5/h3,8-9H,1-2H2. The molecule has 0 saturated heterocycles. The molecule has 2 heterocycles. The van der Waals surface area contributed by atoms with E-state index in [1.165, 1.54) is 6.26 Å². The van der Waals surface area contributed by atoms with E-state index in [0.717, 1.165) is 0 Å². The highest BCUT2D eigenvalue weighted by molar-refractivity contribution is 6.58. The van der Waals surface area contributed by atoms with Crippen molar-refractivity contribution in [3.63, 3.8) is 0 Å². The predicted octanol–water partition coefficient (Wildman–Crippen LogP) is -1.27. The molecule has 0 radical (unpaired) electrons. The Morgan fingerprint density at radius 1 is 1.25 bits per heavy atom. The molecule has 0 aromatic carbocycles. The monoisotopic (exact) mass is 170 g/mol. The first kappa shape index (κ1) is 7.51. The Morgan fingerprint density at radius 2 is 2.00 bits per heavy atom. The molecular formula is C6H7BO5. The van der Waals surface area contributed by atoms with Crippen LogP contribution in [0.4, 0.5) is 0 Å². The molecule has 0 saturated carbocycles. The van der Waals surface area contributed by atoms with E-state index in [9.17, 15) is 0 Å². The zero-order chi connectivity index (χ0) is 8.55. The zero-order valence-electron chi connectivity index (χ0n) is 6.19. The van der Waals surface area contributed by atoms with Crippen LogP contribution >= 0.6 is 0 Å². The van der Waals surface area contributed by atoms with Crippen LogP contribution in [0.3, 0.4) is 0 Å². The van der Waals surface area contributed by atoms with Crippen LogP contribution in [0.25, 0.3) is 0 Å². The molecule has 2 rings (SSSR count). The lowest BCUT2D eigenvalue weighted by Crippen LogP contribution is -2.31. The Hall–Kier alpha value is -1.14. The third-order valence-corrected chi connectivity index (χ3v) is 1.56. The summed E-state index contributed by atoms with van der Waals surface area (Å²) in [5, 5.41) is 17.6. The molecule has 0 spiro atoms. The van der Waals surface area contributed by atoms with E-state index >= 15 is 0 Å². The smallest absolute Gasteiger partial charge is 0.483 e. The molecule has 0 atom stereocenters. The van der Waals surface area contributed by atoms with Crippen LogP contribution in [-0.2, 0) is 0 Å². The molecule has 0 fully saturated rings. The van der Waals surface area contributed by atoms with Crippen molar-refractivity contribution in [1.29, 1.82) is 0 Å². The first-order chi connectivity index (χ1) is 5.79. The van der Waals surface area contributed by atoms with Gasteiger partial charge in [-0.3, -0.25) is 0 Å². The van der Waals surface area contributed by atoms with Gasteiger partial charge in [-0.15, -0.1) is 0 Å². The number of hydrogen-bond acceptors (Lipinski definition) is 5. The van der Waals surface area contributed by atoms with Crippen LogP contribution in [0.15, 0.2) is 10.7 Å². The minimum Gasteiger partial charge on any atom is -0.483 e. The second-order valence-corrected chi connectivity index (χ2v) is 2.36. The molecule has 1 aliphatic rings. The molecule has 2 N–H and O–H groups in total. The van der Waals surface area contributed by atoms with E-state index in [0.29, 0.717) is 19.0 Å². The van der Waals surface area contributed by atoms with E-state index in [2.05, 4.69) is 0 Å². The molecule has 1 aromatic rings. The average Bonchev–Trinajstić information content (AvgIpc) is 2.47. The summed E-state index contributed by atoms with van der Waals surface area (Å²) in [4.78, 5) is 0. The first-order valence-electron chi connectivity index (χ1n) is 3.52. The molecule has 0 bridgehead atoms. The summed E-state index contributed by atoms with van der Waals surface area (Å²) >= 11 is 0. The summed E-state index contributed by atoms with van der Waals surface area (Å²) in [6.45, 7) is 0.847. The molecule has 1 aromatic heterocycles. The lowest BCUT2D eigenvalue weighted by Gasteiger charge is -2.14. The summed E-state index contributed by atoms with van der Waals surface area (Å²) in [5.41, 5.74) is -0.00954. The van der Waals surface area contributed by atoms with Gasteiger partial charge in [-0.1, -0.05) is 0 Å². The van der Waals surface area contributed by atoms with E-state index < -0.39 is 7.12 Å². The van der Waals surface area contributed by atoms with Gasteiger partial charge in [0, 0.05) is 0 Å². The molecule has 12 heavy (non-hydrogen) atoms. The number of fused-ring (bicyclic) bond motifs is 1. The Morgan fingerprint density at radius 3 is 2.75 bits per heavy atom. The van der Waals surface area contributed by atoms with Crippen LogP contribution in [0, 0.1) is 0 Å². The summed E-state index contributed by atoms with van der Waals surface area (Å²) in [5.74, 6) is 0.709. The summed E-state index contributed by atoms with van der Waals surface area (Å²) in [7, 11) is -1.66. The zero-order valence-corrected chi connectivity index (χ0v) is 6.19. The Labute approximate surface area is 68.7 Å². The maximum Gasteiger partial charge on any atom is 0.530 e. The van der Waals surface area contributed by atoms with Crippen LogP contribution in [0.5, 0.6) is 11.5 Å². The Bertz CT molecular complexity index is 281. The fourth-order valence-corrected chi connectivity index (χ4v) is 1.06. The van der Waals surface area contributed by atoms with Crippen molar-refractivity contribution in [1.82, 2.24) is 0 Å². The van der Waals surface area contributed by atoms with Gasteiger partial charge in [0.2, 0.25) is 0 Å². The summed E-state index contributed by atoms with van der Waals surface area (Å²) < 4.78 is 15.1. The first-order valence-corrected chi connectivity index (χ1v) is 3.52. The van der Waals surface area contributed by atoms with Crippen molar-refractivity contribution in [2.24, 2.45) is 0 Å². The fraction of sp³-hybridized carbons (Fsp3) is 0.333. The fourth-order valence-electron chi connectivity index (χ4n) is 1.06. The van der Waals surface area contributed by atoms with Crippen molar-refractivity contribution in [3.05, 3.63) is 6.26 Å². The van der Waals surface area contributed by atoms with Gasteiger partial charge in [0.15, 0.2) is 17.2 Å². The van der Waals surface area contributed by atoms with Gasteiger partial charge < -0.3 is 23.9 Å². The Kier molecular flexibility index (Phi) is 1.71.